The second-order valence-electron chi connectivity index (χ2n) is 4.99. The molecule has 116 valence electrons. The maximum absolute atomic E-state index is 11.4. The van der Waals surface area contributed by atoms with Gasteiger partial charge in [0.05, 0.1) is 12.0 Å². The molecule has 0 aromatic heterocycles. The summed E-state index contributed by atoms with van der Waals surface area (Å²) in [5, 5.41) is 10.7. The van der Waals surface area contributed by atoms with Crippen LogP contribution in [-0.4, -0.2) is 18.3 Å². The number of fused-ring (bicyclic) bond motifs is 1. The Kier molecular flexibility index (Phi) is 3.80. The largest absolute Gasteiger partial charge is 0.493 e. The van der Waals surface area contributed by atoms with Gasteiger partial charge in [0.25, 0.3) is 5.69 Å². The Hall–Kier alpha value is -3.15. The van der Waals surface area contributed by atoms with E-state index in [1.807, 2.05) is 12.1 Å². The first-order chi connectivity index (χ1) is 11.1. The van der Waals surface area contributed by atoms with Crippen LogP contribution >= 0.6 is 0 Å². The highest BCUT2D eigenvalue weighted by Gasteiger charge is 2.26. The quantitative estimate of drug-likeness (QED) is 0.491. The number of non-ortho nitro benzene ring substituents is 1. The highest BCUT2D eigenvalue weighted by Crippen LogP contribution is 2.42. The molecule has 1 heterocycles. The molecule has 2 aromatic carbocycles. The number of nitro benzene ring substituents is 1. The predicted octanol–water partition coefficient (Wildman–Crippen LogP) is 3.32. The van der Waals surface area contributed by atoms with E-state index in [9.17, 15) is 14.9 Å². The molecule has 0 saturated carbocycles. The molecular weight excluding hydrogens is 298 g/mol. The minimum Gasteiger partial charge on any atom is -0.493 e. The molecule has 0 saturated heterocycles. The van der Waals surface area contributed by atoms with E-state index in [0.717, 1.165) is 11.8 Å². The van der Waals surface area contributed by atoms with Gasteiger partial charge in [-0.2, -0.15) is 0 Å². The van der Waals surface area contributed by atoms with Crippen molar-refractivity contribution in [1.82, 2.24) is 0 Å². The highest BCUT2D eigenvalue weighted by molar-refractivity contribution is 5.86. The Balaban J connectivity index is 2.03. The van der Waals surface area contributed by atoms with Gasteiger partial charge in [-0.25, -0.2) is 0 Å². The molecule has 3 rings (SSSR count). The number of nitro groups is 1. The molecule has 2 aromatic rings. The SMILES string of the molecule is COc1cccc2c1O[C@H](c1ccc([N+](=O)[O-])cc1)C(C=O)=C2. The number of benzene rings is 2. The van der Waals surface area contributed by atoms with Crippen molar-refractivity contribution in [1.29, 1.82) is 0 Å². The minimum absolute atomic E-state index is 0.0147. The van der Waals surface area contributed by atoms with Crippen LogP contribution in [-0.2, 0) is 4.79 Å². The van der Waals surface area contributed by atoms with Crippen molar-refractivity contribution in [2.45, 2.75) is 6.10 Å². The van der Waals surface area contributed by atoms with Crippen molar-refractivity contribution < 1.29 is 19.2 Å². The van der Waals surface area contributed by atoms with E-state index >= 15 is 0 Å². The van der Waals surface area contributed by atoms with Crippen LogP contribution in [0.2, 0.25) is 0 Å². The number of methoxy groups -OCH3 is 1. The summed E-state index contributed by atoms with van der Waals surface area (Å²) in [7, 11) is 1.54. The fraction of sp³-hybridized carbons (Fsp3) is 0.118. The number of aldehydes is 1. The molecule has 6 nitrogen and oxygen atoms in total. The molecule has 0 fully saturated rings. The van der Waals surface area contributed by atoms with Crippen LogP contribution in [0.25, 0.3) is 6.08 Å². The summed E-state index contributed by atoms with van der Waals surface area (Å²) in [6, 6.07) is 11.4. The second-order valence-corrected chi connectivity index (χ2v) is 4.99. The molecule has 6 heteroatoms. The van der Waals surface area contributed by atoms with Crippen LogP contribution in [0, 0.1) is 10.1 Å². The standard InChI is InChI=1S/C17H13NO5/c1-22-15-4-2-3-12-9-13(10-19)16(23-17(12)15)11-5-7-14(8-6-11)18(20)21/h2-10,16H,1H3/t16-/m1/s1. The van der Waals surface area contributed by atoms with Gasteiger partial charge >= 0.3 is 0 Å². The molecule has 0 spiro atoms. The highest BCUT2D eigenvalue weighted by atomic mass is 16.6. The lowest BCUT2D eigenvalue weighted by Crippen LogP contribution is -2.16. The summed E-state index contributed by atoms with van der Waals surface area (Å²) >= 11 is 0. The van der Waals surface area contributed by atoms with Crippen LogP contribution in [0.1, 0.15) is 17.2 Å². The number of hydrogen-bond donors (Lipinski definition) is 0. The zero-order chi connectivity index (χ0) is 16.4. The van der Waals surface area contributed by atoms with E-state index < -0.39 is 11.0 Å². The van der Waals surface area contributed by atoms with Gasteiger partial charge in [-0.1, -0.05) is 12.1 Å². The number of nitrogens with zero attached hydrogens (tertiary/aromatic N) is 1. The molecule has 0 unspecified atom stereocenters. The van der Waals surface area contributed by atoms with Crippen LogP contribution < -0.4 is 9.47 Å². The summed E-state index contributed by atoms with van der Waals surface area (Å²) in [4.78, 5) is 21.7. The third-order valence-electron chi connectivity index (χ3n) is 3.63. The number of ether oxygens (including phenoxy) is 2. The van der Waals surface area contributed by atoms with Crippen molar-refractivity contribution in [2.24, 2.45) is 0 Å². The molecule has 0 bridgehead atoms. The Morgan fingerprint density at radius 1 is 1.22 bits per heavy atom. The summed E-state index contributed by atoms with van der Waals surface area (Å²) in [6.07, 6.45) is 1.84. The Labute approximate surface area is 132 Å². The van der Waals surface area contributed by atoms with E-state index in [2.05, 4.69) is 0 Å². The Morgan fingerprint density at radius 2 is 1.96 bits per heavy atom. The molecule has 1 aliphatic rings. The van der Waals surface area contributed by atoms with E-state index in [1.165, 1.54) is 12.1 Å². The van der Waals surface area contributed by atoms with Gasteiger partial charge in [0, 0.05) is 23.3 Å². The number of hydrogen-bond acceptors (Lipinski definition) is 5. The van der Waals surface area contributed by atoms with E-state index in [1.54, 1.807) is 31.4 Å². The lowest BCUT2D eigenvalue weighted by molar-refractivity contribution is -0.384. The molecule has 1 aliphatic heterocycles. The fourth-order valence-electron chi connectivity index (χ4n) is 2.50. The van der Waals surface area contributed by atoms with Crippen LogP contribution in [0.15, 0.2) is 48.0 Å². The molecule has 0 radical (unpaired) electrons. The number of carbonyl (C=O) groups is 1. The summed E-state index contributed by atoms with van der Waals surface area (Å²) < 4.78 is 11.2. The molecular formula is C17H13NO5. The molecule has 0 amide bonds. The molecule has 0 aliphatic carbocycles. The smallest absolute Gasteiger partial charge is 0.269 e. The van der Waals surface area contributed by atoms with Crippen LogP contribution in [0.5, 0.6) is 11.5 Å². The first-order valence-electron chi connectivity index (χ1n) is 6.89. The van der Waals surface area contributed by atoms with Gasteiger partial charge in [-0.05, 0) is 29.8 Å². The Bertz CT molecular complexity index is 795. The van der Waals surface area contributed by atoms with Crippen molar-refractivity contribution in [3.63, 3.8) is 0 Å². The molecule has 1 atom stereocenters. The topological polar surface area (TPSA) is 78.7 Å². The lowest BCUT2D eigenvalue weighted by atomic mass is 9.96. The zero-order valence-corrected chi connectivity index (χ0v) is 12.3. The van der Waals surface area contributed by atoms with Gasteiger partial charge in [0.2, 0.25) is 0 Å². The van der Waals surface area contributed by atoms with Gasteiger partial charge in [0.1, 0.15) is 6.29 Å². The third-order valence-corrected chi connectivity index (χ3v) is 3.63. The minimum atomic E-state index is -0.628. The van der Waals surface area contributed by atoms with Crippen molar-refractivity contribution in [2.75, 3.05) is 7.11 Å². The normalized spacial score (nSPS) is 15.9. The zero-order valence-electron chi connectivity index (χ0n) is 12.3. The lowest BCUT2D eigenvalue weighted by Gasteiger charge is -2.26. The van der Waals surface area contributed by atoms with Gasteiger partial charge < -0.3 is 9.47 Å². The van der Waals surface area contributed by atoms with E-state index in [4.69, 9.17) is 9.47 Å². The van der Waals surface area contributed by atoms with Crippen LogP contribution in [0.4, 0.5) is 5.69 Å². The van der Waals surface area contributed by atoms with Gasteiger partial charge in [0.15, 0.2) is 17.6 Å². The van der Waals surface area contributed by atoms with Crippen molar-refractivity contribution in [3.05, 3.63) is 69.3 Å². The monoisotopic (exact) mass is 311 g/mol. The first-order valence-corrected chi connectivity index (χ1v) is 6.89. The average Bonchev–Trinajstić information content (AvgIpc) is 2.60. The summed E-state index contributed by atoms with van der Waals surface area (Å²) in [5.41, 5.74) is 1.84. The van der Waals surface area contributed by atoms with Crippen molar-refractivity contribution in [3.8, 4) is 11.5 Å². The van der Waals surface area contributed by atoms with Gasteiger partial charge in [-0.15, -0.1) is 0 Å². The number of para-hydroxylation sites is 1. The maximum Gasteiger partial charge on any atom is 0.269 e. The summed E-state index contributed by atoms with van der Waals surface area (Å²) in [5.74, 6) is 1.11. The fourth-order valence-corrected chi connectivity index (χ4v) is 2.50. The number of carbonyl (C=O) groups excluding carboxylic acids is 1. The average molecular weight is 311 g/mol. The van der Waals surface area contributed by atoms with Crippen LogP contribution in [0.3, 0.4) is 0 Å². The first kappa shape index (κ1) is 14.8. The van der Waals surface area contributed by atoms with E-state index in [-0.39, 0.29) is 5.69 Å². The van der Waals surface area contributed by atoms with Gasteiger partial charge in [-0.3, -0.25) is 14.9 Å². The Morgan fingerprint density at radius 3 is 2.57 bits per heavy atom. The van der Waals surface area contributed by atoms with Crippen molar-refractivity contribution >= 4 is 18.0 Å². The van der Waals surface area contributed by atoms with E-state index in [0.29, 0.717) is 22.6 Å². The molecule has 0 N–H and O–H groups in total. The number of rotatable bonds is 4. The third kappa shape index (κ3) is 2.66. The summed E-state index contributed by atoms with van der Waals surface area (Å²) in [6.45, 7) is 0. The maximum atomic E-state index is 11.4. The second kappa shape index (κ2) is 5.92. The molecule has 23 heavy (non-hydrogen) atoms. The predicted molar refractivity (Wildman–Crippen MR) is 83.5 cm³/mol.